The fourth-order valence-corrected chi connectivity index (χ4v) is 3.21. The first-order valence-corrected chi connectivity index (χ1v) is 10.6. The number of methoxy groups -OCH3 is 1. The minimum atomic E-state index is -3.87. The number of benzene rings is 2. The van der Waals surface area contributed by atoms with E-state index in [9.17, 15) is 13.2 Å². The van der Waals surface area contributed by atoms with E-state index >= 15 is 0 Å². The van der Waals surface area contributed by atoms with E-state index in [1.165, 1.54) is 18.2 Å². The van der Waals surface area contributed by atoms with Crippen molar-refractivity contribution in [2.45, 2.75) is 32.1 Å². The molecule has 0 aromatic heterocycles. The van der Waals surface area contributed by atoms with Crippen LogP contribution >= 0.6 is 0 Å². The zero-order chi connectivity index (χ0) is 21.6. The molecule has 7 nitrogen and oxygen atoms in total. The van der Waals surface area contributed by atoms with Crippen molar-refractivity contribution in [1.29, 1.82) is 0 Å². The van der Waals surface area contributed by atoms with E-state index in [1.54, 1.807) is 39.2 Å². The van der Waals surface area contributed by atoms with Gasteiger partial charge in [-0.2, -0.15) is 0 Å². The number of nitrogens with one attached hydrogen (secondary N) is 1. The van der Waals surface area contributed by atoms with Crippen LogP contribution in [0.15, 0.2) is 41.3 Å². The highest BCUT2D eigenvalue weighted by molar-refractivity contribution is 7.89. The maximum atomic E-state index is 12.3. The molecule has 2 aromatic rings. The van der Waals surface area contributed by atoms with Crippen LogP contribution in [-0.2, 0) is 14.8 Å². The molecule has 8 heteroatoms. The van der Waals surface area contributed by atoms with Gasteiger partial charge in [-0.15, -0.1) is 0 Å². The molecule has 0 radical (unpaired) electrons. The third-order valence-corrected chi connectivity index (χ3v) is 5.20. The summed E-state index contributed by atoms with van der Waals surface area (Å²) in [6, 6.07) is 8.20. The summed E-state index contributed by atoms with van der Waals surface area (Å²) in [5.74, 6) is 0.819. The van der Waals surface area contributed by atoms with E-state index in [-0.39, 0.29) is 4.90 Å². The Morgan fingerprint density at radius 3 is 2.52 bits per heavy atom. The number of hydrogen-bond donors (Lipinski definition) is 2. The van der Waals surface area contributed by atoms with Crippen LogP contribution in [0.5, 0.6) is 11.5 Å². The minimum Gasteiger partial charge on any atom is -0.493 e. The highest BCUT2D eigenvalue weighted by atomic mass is 32.2. The van der Waals surface area contributed by atoms with Gasteiger partial charge in [-0.05, 0) is 67.3 Å². The Kier molecular flexibility index (Phi) is 7.41. The summed E-state index contributed by atoms with van der Waals surface area (Å²) in [5, 5.41) is 7.90. The summed E-state index contributed by atoms with van der Waals surface area (Å²) in [4.78, 5) is 12.3. The van der Waals surface area contributed by atoms with Crippen molar-refractivity contribution >= 4 is 27.7 Å². The molecule has 0 heterocycles. The third-order valence-electron chi connectivity index (χ3n) is 4.30. The molecule has 29 heavy (non-hydrogen) atoms. The van der Waals surface area contributed by atoms with Crippen LogP contribution in [0.25, 0.3) is 6.08 Å². The van der Waals surface area contributed by atoms with Gasteiger partial charge in [0.25, 0.3) is 0 Å². The van der Waals surface area contributed by atoms with Gasteiger partial charge >= 0.3 is 0 Å². The first-order valence-electron chi connectivity index (χ1n) is 9.09. The molecule has 0 bridgehead atoms. The quantitative estimate of drug-likeness (QED) is 0.639. The summed E-state index contributed by atoms with van der Waals surface area (Å²) in [5.41, 5.74) is 2.62. The number of primary sulfonamides is 1. The average molecular weight is 419 g/mol. The number of nitrogens with two attached hydrogens (primary N) is 1. The van der Waals surface area contributed by atoms with Crippen molar-refractivity contribution < 1.29 is 22.7 Å². The number of aryl methyl sites for hydroxylation is 1. The summed E-state index contributed by atoms with van der Waals surface area (Å²) in [6.07, 6.45) is 3.88. The summed E-state index contributed by atoms with van der Waals surface area (Å²) >= 11 is 0. The molecule has 2 rings (SSSR count). The van der Waals surface area contributed by atoms with Gasteiger partial charge in [0, 0.05) is 11.8 Å². The van der Waals surface area contributed by atoms with Crippen LogP contribution in [0.4, 0.5) is 5.69 Å². The highest BCUT2D eigenvalue weighted by Crippen LogP contribution is 2.29. The molecule has 0 aliphatic rings. The van der Waals surface area contributed by atoms with Crippen molar-refractivity contribution in [1.82, 2.24) is 0 Å². The van der Waals surface area contributed by atoms with E-state index in [2.05, 4.69) is 5.32 Å². The average Bonchev–Trinajstić information content (AvgIpc) is 2.67. The molecule has 156 valence electrons. The number of hydrogen-bond acceptors (Lipinski definition) is 5. The zero-order valence-corrected chi connectivity index (χ0v) is 17.8. The number of amides is 1. The Balaban J connectivity index is 2.19. The molecule has 0 fully saturated rings. The maximum Gasteiger partial charge on any atom is 0.248 e. The molecule has 0 atom stereocenters. The minimum absolute atomic E-state index is 0.0488. The maximum absolute atomic E-state index is 12.3. The van der Waals surface area contributed by atoms with Gasteiger partial charge in [0.05, 0.1) is 18.6 Å². The number of sulfonamides is 1. The Morgan fingerprint density at radius 2 is 1.90 bits per heavy atom. The molecule has 3 N–H and O–H groups in total. The van der Waals surface area contributed by atoms with Crippen LogP contribution in [0, 0.1) is 13.8 Å². The van der Waals surface area contributed by atoms with E-state index in [4.69, 9.17) is 14.6 Å². The van der Waals surface area contributed by atoms with Gasteiger partial charge in [-0.3, -0.25) is 4.79 Å². The van der Waals surface area contributed by atoms with Crippen molar-refractivity contribution in [3.63, 3.8) is 0 Å². The molecule has 0 saturated carbocycles. The van der Waals surface area contributed by atoms with E-state index in [0.29, 0.717) is 29.4 Å². The Labute approximate surface area is 171 Å². The summed E-state index contributed by atoms with van der Waals surface area (Å²) < 4.78 is 34.2. The monoisotopic (exact) mass is 418 g/mol. The van der Waals surface area contributed by atoms with Gasteiger partial charge in [-0.25, -0.2) is 13.6 Å². The molecule has 2 aromatic carbocycles. The largest absolute Gasteiger partial charge is 0.493 e. The molecule has 0 aliphatic heterocycles. The molecular weight excluding hydrogens is 392 g/mol. The Bertz CT molecular complexity index is 1030. The second-order valence-electron chi connectivity index (χ2n) is 6.54. The lowest BCUT2D eigenvalue weighted by Gasteiger charge is -2.12. The first kappa shape index (κ1) is 22.4. The normalized spacial score (nSPS) is 11.5. The topological polar surface area (TPSA) is 108 Å². The van der Waals surface area contributed by atoms with E-state index < -0.39 is 15.9 Å². The zero-order valence-electron chi connectivity index (χ0n) is 17.0. The summed E-state index contributed by atoms with van der Waals surface area (Å²) in [6.45, 7) is 6.15. The van der Waals surface area contributed by atoms with Gasteiger partial charge in [-0.1, -0.05) is 13.0 Å². The molecule has 1 amide bonds. The van der Waals surface area contributed by atoms with Crippen LogP contribution in [-0.4, -0.2) is 28.0 Å². The standard InChI is InChI=1S/C21H26N2O5S/c1-5-10-28-19-8-6-16(12-20(19)27-4)7-9-21(24)23-18-13-17(29(22,25)26)11-14(2)15(18)3/h6-9,11-13H,5,10H2,1-4H3,(H,23,24)(H2,22,25,26)/b9-7+. The number of anilines is 1. The van der Waals surface area contributed by atoms with Crippen molar-refractivity contribution in [3.05, 3.63) is 53.1 Å². The second kappa shape index (κ2) is 9.58. The predicted molar refractivity (Wildman–Crippen MR) is 114 cm³/mol. The number of carbonyl (C=O) groups is 1. The van der Waals surface area contributed by atoms with Crippen LogP contribution in [0.1, 0.15) is 30.0 Å². The molecule has 0 spiro atoms. The third kappa shape index (κ3) is 6.07. The lowest BCUT2D eigenvalue weighted by molar-refractivity contribution is -0.111. The number of carbonyl (C=O) groups excluding carboxylic acids is 1. The van der Waals surface area contributed by atoms with Gasteiger partial charge in [0.2, 0.25) is 15.9 Å². The van der Waals surface area contributed by atoms with Crippen LogP contribution < -0.4 is 19.9 Å². The lowest BCUT2D eigenvalue weighted by atomic mass is 10.1. The lowest BCUT2D eigenvalue weighted by Crippen LogP contribution is -2.15. The Hall–Kier alpha value is -2.84. The first-order chi connectivity index (χ1) is 13.7. The van der Waals surface area contributed by atoms with Gasteiger partial charge < -0.3 is 14.8 Å². The molecule has 0 saturated heterocycles. The van der Waals surface area contributed by atoms with E-state index in [1.807, 2.05) is 13.0 Å². The fourth-order valence-electron chi connectivity index (χ4n) is 2.59. The predicted octanol–water partition coefficient (Wildman–Crippen LogP) is 3.40. The van der Waals surface area contributed by atoms with E-state index in [0.717, 1.165) is 17.5 Å². The smallest absolute Gasteiger partial charge is 0.248 e. The fraction of sp³-hybridized carbons (Fsp3) is 0.286. The molecule has 0 unspecified atom stereocenters. The highest BCUT2D eigenvalue weighted by Gasteiger charge is 2.13. The van der Waals surface area contributed by atoms with Gasteiger partial charge in [0.15, 0.2) is 11.5 Å². The number of ether oxygens (including phenoxy) is 2. The van der Waals surface area contributed by atoms with Crippen molar-refractivity contribution in [3.8, 4) is 11.5 Å². The SMILES string of the molecule is CCCOc1ccc(/C=C/C(=O)Nc2cc(S(N)(=O)=O)cc(C)c2C)cc1OC. The summed E-state index contributed by atoms with van der Waals surface area (Å²) in [7, 11) is -2.32. The van der Waals surface area contributed by atoms with Gasteiger partial charge in [0.1, 0.15) is 0 Å². The molecule has 0 aliphatic carbocycles. The van der Waals surface area contributed by atoms with Crippen molar-refractivity contribution in [2.75, 3.05) is 19.0 Å². The van der Waals surface area contributed by atoms with Crippen molar-refractivity contribution in [2.24, 2.45) is 5.14 Å². The van der Waals surface area contributed by atoms with Crippen LogP contribution in [0.3, 0.4) is 0 Å². The molecular formula is C21H26N2O5S. The number of rotatable bonds is 8. The Morgan fingerprint density at radius 1 is 1.17 bits per heavy atom. The second-order valence-corrected chi connectivity index (χ2v) is 8.10. The van der Waals surface area contributed by atoms with Crippen LogP contribution in [0.2, 0.25) is 0 Å².